The number of hydrogen-bond donors (Lipinski definition) is 2. The third kappa shape index (κ3) is 2.38. The molecule has 1 aromatic rings. The molecule has 18 heavy (non-hydrogen) atoms. The fraction of sp³-hybridized carbons (Fsp3) is 0.333. The molecular formula is C12H15N3O2S. The standard InChI is InChI=1S/C12H15N3O2S/c1-16-10-5-7-3-4-9(14-15-12(13)18)8(7)6-11(10)17-2/h5-6H,3-4H2,1-2H3,(H3,13,15,18). The highest BCUT2D eigenvalue weighted by molar-refractivity contribution is 7.80. The molecule has 96 valence electrons. The molecule has 0 radical (unpaired) electrons. The van der Waals surface area contributed by atoms with E-state index in [4.69, 9.17) is 27.4 Å². The zero-order chi connectivity index (χ0) is 13.1. The molecule has 0 fully saturated rings. The van der Waals surface area contributed by atoms with Crippen molar-refractivity contribution in [3.63, 3.8) is 0 Å². The highest BCUT2D eigenvalue weighted by Crippen LogP contribution is 2.34. The number of nitrogens with zero attached hydrogens (tertiary/aromatic N) is 1. The Labute approximate surface area is 111 Å². The zero-order valence-corrected chi connectivity index (χ0v) is 11.1. The predicted molar refractivity (Wildman–Crippen MR) is 74.3 cm³/mol. The van der Waals surface area contributed by atoms with Gasteiger partial charge in [-0.2, -0.15) is 5.10 Å². The third-order valence-corrected chi connectivity index (χ3v) is 2.94. The van der Waals surface area contributed by atoms with Gasteiger partial charge in [0, 0.05) is 5.56 Å². The number of thiocarbonyl (C=S) groups is 1. The molecule has 1 aliphatic carbocycles. The lowest BCUT2D eigenvalue weighted by Crippen LogP contribution is -2.25. The molecule has 0 atom stereocenters. The van der Waals surface area contributed by atoms with E-state index in [1.807, 2.05) is 12.1 Å². The Balaban J connectivity index is 2.38. The van der Waals surface area contributed by atoms with Gasteiger partial charge in [0.15, 0.2) is 16.6 Å². The van der Waals surface area contributed by atoms with Crippen LogP contribution < -0.4 is 20.6 Å². The SMILES string of the molecule is COc1cc2c(cc1OC)C(=NNC(N)=S)CC2. The number of benzene rings is 1. The molecular weight excluding hydrogens is 250 g/mol. The van der Waals surface area contributed by atoms with Crippen molar-refractivity contribution in [2.45, 2.75) is 12.8 Å². The Morgan fingerprint density at radius 2 is 1.94 bits per heavy atom. The van der Waals surface area contributed by atoms with Crippen molar-refractivity contribution in [2.24, 2.45) is 10.8 Å². The molecule has 0 aliphatic heterocycles. The van der Waals surface area contributed by atoms with Crippen molar-refractivity contribution in [3.8, 4) is 11.5 Å². The Hall–Kier alpha value is -1.82. The number of fused-ring (bicyclic) bond motifs is 1. The van der Waals surface area contributed by atoms with E-state index in [1.54, 1.807) is 14.2 Å². The lowest BCUT2D eigenvalue weighted by Gasteiger charge is -2.10. The maximum Gasteiger partial charge on any atom is 0.184 e. The average molecular weight is 265 g/mol. The summed E-state index contributed by atoms with van der Waals surface area (Å²) in [6, 6.07) is 3.92. The van der Waals surface area contributed by atoms with Crippen molar-refractivity contribution in [1.29, 1.82) is 0 Å². The van der Waals surface area contributed by atoms with Crippen molar-refractivity contribution in [3.05, 3.63) is 23.3 Å². The average Bonchev–Trinajstić information content (AvgIpc) is 2.76. The van der Waals surface area contributed by atoms with Gasteiger partial charge in [0.2, 0.25) is 0 Å². The topological polar surface area (TPSA) is 68.9 Å². The molecule has 0 heterocycles. The minimum absolute atomic E-state index is 0.163. The predicted octanol–water partition coefficient (Wildman–Crippen LogP) is 1.19. The number of aryl methyl sites for hydroxylation is 1. The second kappa shape index (κ2) is 5.22. The van der Waals surface area contributed by atoms with Crippen LogP contribution in [0.1, 0.15) is 17.5 Å². The molecule has 3 N–H and O–H groups in total. The van der Waals surface area contributed by atoms with Crippen LogP contribution in [0.3, 0.4) is 0 Å². The lowest BCUT2D eigenvalue weighted by atomic mass is 10.1. The Kier molecular flexibility index (Phi) is 3.66. The minimum atomic E-state index is 0.163. The molecule has 0 amide bonds. The molecule has 0 bridgehead atoms. The summed E-state index contributed by atoms with van der Waals surface area (Å²) in [4.78, 5) is 0. The van der Waals surface area contributed by atoms with Gasteiger partial charge in [0.1, 0.15) is 0 Å². The van der Waals surface area contributed by atoms with Crippen LogP contribution in [0.4, 0.5) is 0 Å². The van der Waals surface area contributed by atoms with E-state index in [-0.39, 0.29) is 5.11 Å². The number of ether oxygens (including phenoxy) is 2. The lowest BCUT2D eigenvalue weighted by molar-refractivity contribution is 0.354. The molecule has 5 nitrogen and oxygen atoms in total. The number of rotatable bonds is 3. The molecule has 0 unspecified atom stereocenters. The van der Waals surface area contributed by atoms with Gasteiger partial charge in [0.05, 0.1) is 19.9 Å². The third-order valence-electron chi connectivity index (χ3n) is 2.85. The summed E-state index contributed by atoms with van der Waals surface area (Å²) in [5.41, 5.74) is 11.2. The summed E-state index contributed by atoms with van der Waals surface area (Å²) < 4.78 is 10.6. The van der Waals surface area contributed by atoms with Crippen LogP contribution in [0, 0.1) is 0 Å². The van der Waals surface area contributed by atoms with Gasteiger partial charge < -0.3 is 15.2 Å². The number of nitrogens with one attached hydrogen (secondary N) is 1. The van der Waals surface area contributed by atoms with Crippen LogP contribution >= 0.6 is 12.2 Å². The summed E-state index contributed by atoms with van der Waals surface area (Å²) in [6.07, 6.45) is 1.77. The van der Waals surface area contributed by atoms with Gasteiger partial charge in [-0.05, 0) is 42.8 Å². The van der Waals surface area contributed by atoms with Crippen molar-refractivity contribution in [2.75, 3.05) is 14.2 Å². The Morgan fingerprint density at radius 3 is 2.56 bits per heavy atom. The summed E-state index contributed by atoms with van der Waals surface area (Å²) in [6.45, 7) is 0. The fourth-order valence-corrected chi connectivity index (χ4v) is 2.07. The fourth-order valence-electron chi connectivity index (χ4n) is 2.02. The minimum Gasteiger partial charge on any atom is -0.493 e. The van der Waals surface area contributed by atoms with Crippen LogP contribution in [0.25, 0.3) is 0 Å². The highest BCUT2D eigenvalue weighted by Gasteiger charge is 2.21. The highest BCUT2D eigenvalue weighted by atomic mass is 32.1. The quantitative estimate of drug-likeness (QED) is 0.634. The van der Waals surface area contributed by atoms with E-state index in [0.717, 1.165) is 29.9 Å². The van der Waals surface area contributed by atoms with E-state index < -0.39 is 0 Å². The maximum absolute atomic E-state index is 5.36. The van der Waals surface area contributed by atoms with Gasteiger partial charge in [-0.1, -0.05) is 0 Å². The van der Waals surface area contributed by atoms with Crippen LogP contribution in [0.5, 0.6) is 11.5 Å². The van der Waals surface area contributed by atoms with Gasteiger partial charge in [-0.3, -0.25) is 5.43 Å². The number of hydrazone groups is 1. The van der Waals surface area contributed by atoms with Crippen molar-refractivity contribution < 1.29 is 9.47 Å². The van der Waals surface area contributed by atoms with E-state index in [9.17, 15) is 0 Å². The van der Waals surface area contributed by atoms with Gasteiger partial charge in [-0.15, -0.1) is 0 Å². The second-order valence-electron chi connectivity index (χ2n) is 3.90. The summed E-state index contributed by atoms with van der Waals surface area (Å²) >= 11 is 4.73. The van der Waals surface area contributed by atoms with Crippen molar-refractivity contribution in [1.82, 2.24) is 5.43 Å². The Morgan fingerprint density at radius 1 is 1.28 bits per heavy atom. The molecule has 6 heteroatoms. The smallest absolute Gasteiger partial charge is 0.184 e. The van der Waals surface area contributed by atoms with E-state index >= 15 is 0 Å². The first kappa shape index (κ1) is 12.6. The maximum atomic E-state index is 5.36. The Bertz CT molecular complexity index is 514. The van der Waals surface area contributed by atoms with Crippen LogP contribution in [-0.2, 0) is 6.42 Å². The molecule has 2 rings (SSSR count). The number of methoxy groups -OCH3 is 2. The first-order valence-corrected chi connectivity index (χ1v) is 5.93. The zero-order valence-electron chi connectivity index (χ0n) is 10.3. The summed E-state index contributed by atoms with van der Waals surface area (Å²) in [5, 5.41) is 4.36. The normalized spacial score (nSPS) is 15.3. The molecule has 0 saturated carbocycles. The molecule has 0 saturated heterocycles. The van der Waals surface area contributed by atoms with Gasteiger partial charge >= 0.3 is 0 Å². The van der Waals surface area contributed by atoms with Gasteiger partial charge in [-0.25, -0.2) is 0 Å². The van der Waals surface area contributed by atoms with Crippen molar-refractivity contribution >= 4 is 23.0 Å². The molecule has 0 aromatic heterocycles. The monoisotopic (exact) mass is 265 g/mol. The van der Waals surface area contributed by atoms with Crippen LogP contribution in [-0.4, -0.2) is 25.0 Å². The van der Waals surface area contributed by atoms with E-state index in [1.165, 1.54) is 5.56 Å². The van der Waals surface area contributed by atoms with Gasteiger partial charge in [0.25, 0.3) is 0 Å². The largest absolute Gasteiger partial charge is 0.493 e. The number of hydrogen-bond acceptors (Lipinski definition) is 4. The summed E-state index contributed by atoms with van der Waals surface area (Å²) in [7, 11) is 3.24. The van der Waals surface area contributed by atoms with E-state index in [2.05, 4.69) is 10.5 Å². The summed E-state index contributed by atoms with van der Waals surface area (Å²) in [5.74, 6) is 1.43. The first-order chi connectivity index (χ1) is 8.65. The van der Waals surface area contributed by atoms with Crippen LogP contribution in [0.15, 0.2) is 17.2 Å². The molecule has 0 spiro atoms. The second-order valence-corrected chi connectivity index (χ2v) is 4.34. The first-order valence-electron chi connectivity index (χ1n) is 5.53. The molecule has 1 aromatic carbocycles. The molecule has 1 aliphatic rings. The number of nitrogens with two attached hydrogens (primary N) is 1. The van der Waals surface area contributed by atoms with E-state index in [0.29, 0.717) is 5.75 Å². The van der Waals surface area contributed by atoms with Crippen LogP contribution in [0.2, 0.25) is 0 Å².